The van der Waals surface area contributed by atoms with Crippen LogP contribution in [0.1, 0.15) is 90.9 Å². The van der Waals surface area contributed by atoms with Crippen LogP contribution in [0.25, 0.3) is 0 Å². The second-order valence-electron chi connectivity index (χ2n) is 9.64. The molecule has 0 unspecified atom stereocenters. The minimum absolute atomic E-state index is 0.0814. The summed E-state index contributed by atoms with van der Waals surface area (Å²) < 4.78 is 0. The van der Waals surface area contributed by atoms with Crippen LogP contribution in [0.5, 0.6) is 0 Å². The first-order chi connectivity index (χ1) is 14.8. The highest BCUT2D eigenvalue weighted by atomic mass is 32.1. The number of fused-ring (bicyclic) bond motifs is 1. The fourth-order valence-corrected chi connectivity index (χ4v) is 6.98. The minimum Gasteiger partial charge on any atom is -0.334 e. The Morgan fingerprint density at radius 2 is 1.81 bits per heavy atom. The van der Waals surface area contributed by atoms with Gasteiger partial charge in [0, 0.05) is 47.7 Å². The van der Waals surface area contributed by atoms with Gasteiger partial charge in [-0.2, -0.15) is 0 Å². The zero-order chi connectivity index (χ0) is 22.3. The standard InChI is InChI=1S/C26H33NO3S/c1-15-12-16(2)21(22(29)13-15)14-27-11-5-6-23-24(26(27)30)18(4)25(31-23)17(3)19-7-9-20(28)10-8-19/h12,17,19H,5-11,13-14H2,1-4H3/t17-/m1/s1. The van der Waals surface area contributed by atoms with Gasteiger partial charge < -0.3 is 4.90 Å². The molecular weight excluding hydrogens is 406 g/mol. The molecule has 0 bridgehead atoms. The van der Waals surface area contributed by atoms with Gasteiger partial charge in [0.25, 0.3) is 5.91 Å². The second kappa shape index (κ2) is 8.85. The molecule has 0 radical (unpaired) electrons. The number of hydrogen-bond donors (Lipinski definition) is 0. The van der Waals surface area contributed by atoms with Gasteiger partial charge in [-0.3, -0.25) is 14.4 Å². The number of nitrogens with zero attached hydrogens (tertiary/aromatic N) is 1. The summed E-state index contributed by atoms with van der Waals surface area (Å²) in [5, 5.41) is 0. The molecule has 0 saturated heterocycles. The van der Waals surface area contributed by atoms with Gasteiger partial charge in [0.05, 0.1) is 5.56 Å². The van der Waals surface area contributed by atoms with E-state index in [2.05, 4.69) is 19.9 Å². The van der Waals surface area contributed by atoms with Gasteiger partial charge in [-0.1, -0.05) is 18.6 Å². The third-order valence-electron chi connectivity index (χ3n) is 7.36. The van der Waals surface area contributed by atoms with E-state index in [0.29, 0.717) is 50.0 Å². The predicted octanol–water partition coefficient (Wildman–Crippen LogP) is 5.54. The number of allylic oxidation sites excluding steroid dienone is 3. The highest BCUT2D eigenvalue weighted by molar-refractivity contribution is 7.12. The third kappa shape index (κ3) is 4.34. The van der Waals surface area contributed by atoms with Gasteiger partial charge in [0.1, 0.15) is 5.78 Å². The van der Waals surface area contributed by atoms with E-state index in [1.54, 1.807) is 0 Å². The third-order valence-corrected chi connectivity index (χ3v) is 8.91. The summed E-state index contributed by atoms with van der Waals surface area (Å²) in [6.07, 6.45) is 7.71. The fourth-order valence-electron chi connectivity index (χ4n) is 5.49. The van der Waals surface area contributed by atoms with Crippen molar-refractivity contribution >= 4 is 28.8 Å². The van der Waals surface area contributed by atoms with Crippen molar-refractivity contribution in [2.75, 3.05) is 13.1 Å². The molecule has 0 aromatic carbocycles. The molecule has 2 heterocycles. The molecule has 166 valence electrons. The summed E-state index contributed by atoms with van der Waals surface area (Å²) in [6.45, 7) is 9.44. The summed E-state index contributed by atoms with van der Waals surface area (Å²) in [5.74, 6) is 1.52. The highest BCUT2D eigenvalue weighted by Gasteiger charge is 2.33. The quantitative estimate of drug-likeness (QED) is 0.619. The molecular formula is C26H33NO3S. The van der Waals surface area contributed by atoms with Crippen molar-refractivity contribution < 1.29 is 14.4 Å². The molecule has 0 spiro atoms. The number of carbonyl (C=O) groups is 3. The molecule has 2 aliphatic carbocycles. The molecule has 4 nitrogen and oxygen atoms in total. The van der Waals surface area contributed by atoms with Crippen LogP contribution in [0.2, 0.25) is 0 Å². The van der Waals surface area contributed by atoms with E-state index in [-0.39, 0.29) is 11.7 Å². The van der Waals surface area contributed by atoms with Crippen molar-refractivity contribution in [3.05, 3.63) is 43.7 Å². The Morgan fingerprint density at radius 1 is 1.10 bits per heavy atom. The molecule has 31 heavy (non-hydrogen) atoms. The summed E-state index contributed by atoms with van der Waals surface area (Å²) in [5.41, 5.74) is 4.87. The molecule has 3 aliphatic rings. The lowest BCUT2D eigenvalue weighted by atomic mass is 9.79. The Balaban J connectivity index is 1.59. The normalized spacial score (nSPS) is 21.9. The number of hydrogen-bond acceptors (Lipinski definition) is 4. The van der Waals surface area contributed by atoms with E-state index in [4.69, 9.17) is 0 Å². The summed E-state index contributed by atoms with van der Waals surface area (Å²) in [4.78, 5) is 42.3. The van der Waals surface area contributed by atoms with Gasteiger partial charge in [-0.05, 0) is 69.4 Å². The molecule has 1 aromatic rings. The van der Waals surface area contributed by atoms with E-state index in [0.717, 1.165) is 53.5 Å². The number of carbonyl (C=O) groups excluding carboxylic acids is 3. The van der Waals surface area contributed by atoms with E-state index in [9.17, 15) is 14.4 Å². The second-order valence-corrected chi connectivity index (χ2v) is 10.8. The van der Waals surface area contributed by atoms with Gasteiger partial charge in [-0.25, -0.2) is 0 Å². The number of amides is 1. The van der Waals surface area contributed by atoms with Crippen LogP contribution in [-0.2, 0) is 16.0 Å². The lowest BCUT2D eigenvalue weighted by Crippen LogP contribution is -2.35. The fraction of sp³-hybridized carbons (Fsp3) is 0.577. The van der Waals surface area contributed by atoms with Crippen LogP contribution < -0.4 is 0 Å². The Bertz CT molecular complexity index is 987. The van der Waals surface area contributed by atoms with Gasteiger partial charge in [-0.15, -0.1) is 11.3 Å². The van der Waals surface area contributed by atoms with Crippen LogP contribution in [-0.4, -0.2) is 35.5 Å². The molecule has 4 rings (SSSR count). The highest BCUT2D eigenvalue weighted by Crippen LogP contribution is 2.42. The van der Waals surface area contributed by atoms with Crippen LogP contribution in [0.4, 0.5) is 0 Å². The molecule has 1 fully saturated rings. The number of aryl methyl sites for hydroxylation is 1. The zero-order valence-corrected chi connectivity index (χ0v) is 20.0. The van der Waals surface area contributed by atoms with Gasteiger partial charge in [0.2, 0.25) is 0 Å². The average molecular weight is 440 g/mol. The van der Waals surface area contributed by atoms with E-state index in [1.807, 2.05) is 30.1 Å². The monoisotopic (exact) mass is 439 g/mol. The maximum atomic E-state index is 13.6. The number of thiophene rings is 1. The van der Waals surface area contributed by atoms with Crippen molar-refractivity contribution in [3.8, 4) is 0 Å². The number of Topliss-reactive ketones (excluding diaryl/α,β-unsaturated/α-hetero) is 2. The lowest BCUT2D eigenvalue weighted by molar-refractivity contribution is -0.121. The smallest absolute Gasteiger partial charge is 0.255 e. The molecule has 5 heteroatoms. The molecule has 0 N–H and O–H groups in total. The van der Waals surface area contributed by atoms with E-state index in [1.165, 1.54) is 9.75 Å². The van der Waals surface area contributed by atoms with Gasteiger partial charge >= 0.3 is 0 Å². The first-order valence-corrected chi connectivity index (χ1v) is 12.4. The van der Waals surface area contributed by atoms with Crippen molar-refractivity contribution in [2.24, 2.45) is 5.92 Å². The zero-order valence-electron chi connectivity index (χ0n) is 19.2. The first-order valence-electron chi connectivity index (χ1n) is 11.6. The Kier molecular flexibility index (Phi) is 6.34. The summed E-state index contributed by atoms with van der Waals surface area (Å²) >= 11 is 1.81. The van der Waals surface area contributed by atoms with Crippen LogP contribution in [0, 0.1) is 12.8 Å². The predicted molar refractivity (Wildman–Crippen MR) is 125 cm³/mol. The molecule has 1 aliphatic heterocycles. The lowest BCUT2D eigenvalue weighted by Gasteiger charge is -2.27. The molecule has 1 aromatic heterocycles. The Morgan fingerprint density at radius 3 is 2.48 bits per heavy atom. The largest absolute Gasteiger partial charge is 0.334 e. The van der Waals surface area contributed by atoms with Crippen LogP contribution >= 0.6 is 11.3 Å². The van der Waals surface area contributed by atoms with Crippen LogP contribution in [0.15, 0.2) is 22.8 Å². The first kappa shape index (κ1) is 22.2. The number of ketones is 2. The summed E-state index contributed by atoms with van der Waals surface area (Å²) in [6, 6.07) is 0. The number of rotatable bonds is 4. The topological polar surface area (TPSA) is 54.5 Å². The molecule has 1 saturated carbocycles. The minimum atomic E-state index is 0.0814. The van der Waals surface area contributed by atoms with Crippen molar-refractivity contribution in [1.82, 2.24) is 4.90 Å². The maximum Gasteiger partial charge on any atom is 0.255 e. The van der Waals surface area contributed by atoms with Crippen molar-refractivity contribution in [3.63, 3.8) is 0 Å². The van der Waals surface area contributed by atoms with Gasteiger partial charge in [0.15, 0.2) is 5.78 Å². The van der Waals surface area contributed by atoms with Crippen LogP contribution in [0.3, 0.4) is 0 Å². The summed E-state index contributed by atoms with van der Waals surface area (Å²) in [7, 11) is 0. The van der Waals surface area contributed by atoms with Crippen molar-refractivity contribution in [1.29, 1.82) is 0 Å². The van der Waals surface area contributed by atoms with E-state index >= 15 is 0 Å². The molecule has 1 amide bonds. The van der Waals surface area contributed by atoms with E-state index < -0.39 is 0 Å². The Labute approximate surface area is 189 Å². The molecule has 1 atom stereocenters. The maximum absolute atomic E-state index is 13.6. The SMILES string of the molecule is CC1=CC(C)=C(CN2CCCc3sc([C@H](C)C4CCC(=O)CC4)c(C)c3C2=O)C(=O)C1. The Hall–Kier alpha value is -2.01. The van der Waals surface area contributed by atoms with Crippen molar-refractivity contribution in [2.45, 2.75) is 78.6 Å². The average Bonchev–Trinajstić information content (AvgIpc) is 2.95.